The van der Waals surface area contributed by atoms with Crippen LogP contribution in [0.4, 0.5) is 0 Å². The lowest BCUT2D eigenvalue weighted by Crippen LogP contribution is -2.08. The summed E-state index contributed by atoms with van der Waals surface area (Å²) in [5.41, 5.74) is 0.702. The van der Waals surface area contributed by atoms with Crippen LogP contribution in [-0.4, -0.2) is 17.1 Å². The van der Waals surface area contributed by atoms with Crippen LogP contribution in [-0.2, 0) is 9.53 Å². The summed E-state index contributed by atoms with van der Waals surface area (Å²) in [6.07, 6.45) is 3.11. The van der Waals surface area contributed by atoms with Crippen molar-refractivity contribution in [1.29, 1.82) is 0 Å². The van der Waals surface area contributed by atoms with Crippen molar-refractivity contribution in [3.05, 3.63) is 30.1 Å². The third-order valence-corrected chi connectivity index (χ3v) is 1.31. The number of ether oxygens (including phenoxy) is 1. The van der Waals surface area contributed by atoms with Crippen molar-refractivity contribution in [2.24, 2.45) is 0 Å². The second-order valence-electron chi connectivity index (χ2n) is 2.95. The highest BCUT2D eigenvalue weighted by molar-refractivity contribution is 5.89. The minimum atomic E-state index is -0.510. The van der Waals surface area contributed by atoms with Crippen molar-refractivity contribution < 1.29 is 9.53 Å². The zero-order valence-corrected chi connectivity index (χ0v) is 8.15. The molecule has 0 aliphatic rings. The minimum Gasteiger partial charge on any atom is -0.453 e. The number of aromatic nitrogens is 1. The molecule has 0 atom stereocenters. The van der Waals surface area contributed by atoms with Gasteiger partial charge in [-0.3, -0.25) is 4.98 Å². The van der Waals surface area contributed by atoms with Gasteiger partial charge < -0.3 is 4.74 Å². The van der Waals surface area contributed by atoms with Crippen LogP contribution in [0, 0.1) is 11.8 Å². The van der Waals surface area contributed by atoms with Gasteiger partial charge in [0.15, 0.2) is 0 Å². The molecule has 1 aromatic heterocycles. The summed E-state index contributed by atoms with van der Waals surface area (Å²) in [4.78, 5) is 14.9. The van der Waals surface area contributed by atoms with Crippen LogP contribution in [0.3, 0.4) is 0 Å². The molecule has 0 aromatic carbocycles. The number of hydrogen-bond acceptors (Lipinski definition) is 3. The fourth-order valence-electron chi connectivity index (χ4n) is 0.803. The predicted octanol–water partition coefficient (Wildman–Crippen LogP) is 1.38. The van der Waals surface area contributed by atoms with Crippen LogP contribution >= 0.6 is 0 Å². The Kier molecular flexibility index (Phi) is 3.69. The summed E-state index contributed by atoms with van der Waals surface area (Å²) in [6.45, 7) is 3.56. The predicted molar refractivity (Wildman–Crippen MR) is 52.3 cm³/mol. The van der Waals surface area contributed by atoms with E-state index in [0.29, 0.717) is 5.56 Å². The first-order chi connectivity index (χ1) is 6.68. The van der Waals surface area contributed by atoms with E-state index in [1.165, 1.54) is 0 Å². The van der Waals surface area contributed by atoms with Crippen LogP contribution < -0.4 is 0 Å². The number of nitrogens with zero attached hydrogens (tertiary/aromatic N) is 1. The molecule has 0 aliphatic heterocycles. The van der Waals surface area contributed by atoms with Crippen LogP contribution in [0.5, 0.6) is 0 Å². The van der Waals surface area contributed by atoms with Crippen molar-refractivity contribution in [2.75, 3.05) is 0 Å². The molecule has 0 bridgehead atoms. The smallest absolute Gasteiger partial charge is 0.384 e. The largest absolute Gasteiger partial charge is 0.453 e. The molecule has 0 fully saturated rings. The van der Waals surface area contributed by atoms with Gasteiger partial charge in [0.25, 0.3) is 0 Å². The monoisotopic (exact) mass is 189 g/mol. The highest BCUT2D eigenvalue weighted by Gasteiger charge is 1.99. The van der Waals surface area contributed by atoms with Crippen molar-refractivity contribution in [3.8, 4) is 11.8 Å². The maximum absolute atomic E-state index is 11.0. The fourth-order valence-corrected chi connectivity index (χ4v) is 0.803. The summed E-state index contributed by atoms with van der Waals surface area (Å²) < 4.78 is 4.84. The lowest BCUT2D eigenvalue weighted by atomic mass is 10.3. The number of rotatable bonds is 1. The van der Waals surface area contributed by atoms with E-state index in [1.54, 1.807) is 38.4 Å². The van der Waals surface area contributed by atoms with Crippen molar-refractivity contribution in [2.45, 2.75) is 20.0 Å². The molecule has 0 radical (unpaired) electrons. The van der Waals surface area contributed by atoms with E-state index in [1.807, 2.05) is 0 Å². The molecule has 3 nitrogen and oxygen atoms in total. The number of pyridine rings is 1. The first-order valence-electron chi connectivity index (χ1n) is 4.31. The van der Waals surface area contributed by atoms with Gasteiger partial charge >= 0.3 is 5.97 Å². The molecule has 0 aliphatic carbocycles. The van der Waals surface area contributed by atoms with E-state index in [4.69, 9.17) is 4.74 Å². The van der Waals surface area contributed by atoms with E-state index in [-0.39, 0.29) is 6.10 Å². The average molecular weight is 189 g/mol. The summed E-state index contributed by atoms with van der Waals surface area (Å²) in [7, 11) is 0. The van der Waals surface area contributed by atoms with Crippen LogP contribution in [0.25, 0.3) is 0 Å². The van der Waals surface area contributed by atoms with Gasteiger partial charge in [0.2, 0.25) is 0 Å². The summed E-state index contributed by atoms with van der Waals surface area (Å²) in [5, 5.41) is 0. The second kappa shape index (κ2) is 5.03. The average Bonchev–Trinajstić information content (AvgIpc) is 2.15. The zero-order chi connectivity index (χ0) is 10.4. The van der Waals surface area contributed by atoms with Crippen LogP contribution in [0.1, 0.15) is 19.4 Å². The third-order valence-electron chi connectivity index (χ3n) is 1.31. The van der Waals surface area contributed by atoms with Gasteiger partial charge in [-0.1, -0.05) is 5.92 Å². The Balaban J connectivity index is 2.60. The van der Waals surface area contributed by atoms with E-state index >= 15 is 0 Å². The Morgan fingerprint density at radius 3 is 2.93 bits per heavy atom. The van der Waals surface area contributed by atoms with Gasteiger partial charge in [-0.25, -0.2) is 4.79 Å². The number of carbonyl (C=O) groups excluding carboxylic acids is 1. The molecule has 1 aromatic rings. The maximum atomic E-state index is 11.0. The molecule has 14 heavy (non-hydrogen) atoms. The summed E-state index contributed by atoms with van der Waals surface area (Å²) in [6, 6.07) is 3.54. The molecule has 0 amide bonds. The molecule has 1 heterocycles. The Hall–Kier alpha value is -1.82. The molecule has 1 rings (SSSR count). The number of esters is 1. The Labute approximate surface area is 83.1 Å². The quantitative estimate of drug-likeness (QED) is 0.495. The highest BCUT2D eigenvalue weighted by atomic mass is 16.5. The molecule has 0 N–H and O–H groups in total. The van der Waals surface area contributed by atoms with E-state index in [9.17, 15) is 4.79 Å². The van der Waals surface area contributed by atoms with E-state index < -0.39 is 5.97 Å². The fraction of sp³-hybridized carbons (Fsp3) is 0.273. The Morgan fingerprint density at radius 2 is 2.36 bits per heavy atom. The van der Waals surface area contributed by atoms with E-state index in [0.717, 1.165) is 0 Å². The number of hydrogen-bond donors (Lipinski definition) is 0. The number of carbonyl (C=O) groups is 1. The minimum absolute atomic E-state index is 0.134. The zero-order valence-electron chi connectivity index (χ0n) is 8.15. The maximum Gasteiger partial charge on any atom is 0.384 e. The van der Waals surface area contributed by atoms with Gasteiger partial charge in [0.1, 0.15) is 0 Å². The lowest BCUT2D eigenvalue weighted by Gasteiger charge is -2.01. The van der Waals surface area contributed by atoms with E-state index in [2.05, 4.69) is 16.8 Å². The van der Waals surface area contributed by atoms with Crippen molar-refractivity contribution in [1.82, 2.24) is 4.98 Å². The first kappa shape index (κ1) is 10.3. The first-order valence-corrected chi connectivity index (χ1v) is 4.31. The normalized spacial score (nSPS) is 9.07. The molecule has 0 unspecified atom stereocenters. The Bertz CT molecular complexity index is 360. The van der Waals surface area contributed by atoms with Crippen LogP contribution in [0.2, 0.25) is 0 Å². The van der Waals surface area contributed by atoms with Crippen LogP contribution in [0.15, 0.2) is 24.5 Å². The topological polar surface area (TPSA) is 39.2 Å². The van der Waals surface area contributed by atoms with Gasteiger partial charge in [0.05, 0.1) is 6.10 Å². The molecular formula is C11H11NO2. The molecule has 0 saturated carbocycles. The third kappa shape index (κ3) is 3.72. The lowest BCUT2D eigenvalue weighted by molar-refractivity contribution is -0.140. The SMILES string of the molecule is CC(C)OC(=O)C#Cc1cccnc1. The highest BCUT2D eigenvalue weighted by Crippen LogP contribution is 1.92. The molecule has 3 heteroatoms. The van der Waals surface area contributed by atoms with Crippen molar-refractivity contribution >= 4 is 5.97 Å². The van der Waals surface area contributed by atoms with Crippen molar-refractivity contribution in [3.63, 3.8) is 0 Å². The second-order valence-corrected chi connectivity index (χ2v) is 2.95. The van der Waals surface area contributed by atoms with Gasteiger partial charge in [0, 0.05) is 23.9 Å². The van der Waals surface area contributed by atoms with Gasteiger partial charge in [-0.05, 0) is 26.0 Å². The summed E-state index contributed by atoms with van der Waals surface area (Å²) in [5.74, 6) is 4.53. The van der Waals surface area contributed by atoms with Gasteiger partial charge in [-0.15, -0.1) is 0 Å². The van der Waals surface area contributed by atoms with Gasteiger partial charge in [-0.2, -0.15) is 0 Å². The molecule has 72 valence electrons. The molecule has 0 spiro atoms. The molecular weight excluding hydrogens is 178 g/mol. The standard InChI is InChI=1S/C11H11NO2/c1-9(2)14-11(13)6-5-10-4-3-7-12-8-10/h3-4,7-9H,1-2H3. The molecule has 0 saturated heterocycles. The Morgan fingerprint density at radius 1 is 1.57 bits per heavy atom. The summed E-state index contributed by atoms with van der Waals surface area (Å²) >= 11 is 0.